The van der Waals surface area contributed by atoms with E-state index in [0.717, 1.165) is 18.5 Å². The van der Waals surface area contributed by atoms with E-state index in [9.17, 15) is 0 Å². The fourth-order valence-electron chi connectivity index (χ4n) is 1.68. The zero-order chi connectivity index (χ0) is 9.26. The van der Waals surface area contributed by atoms with E-state index in [2.05, 4.69) is 9.97 Å². The Hall–Kier alpha value is -0.960. The van der Waals surface area contributed by atoms with Gasteiger partial charge in [0.05, 0.1) is 23.3 Å². The zero-order valence-electron chi connectivity index (χ0n) is 7.95. The van der Waals surface area contributed by atoms with Crippen LogP contribution in [0, 0.1) is 0 Å². The molecule has 1 heterocycles. The van der Waals surface area contributed by atoms with Crippen LogP contribution in [0.15, 0.2) is 6.20 Å². The monoisotopic (exact) mass is 177 g/mol. The van der Waals surface area contributed by atoms with Gasteiger partial charge in [-0.25, -0.2) is 0 Å². The van der Waals surface area contributed by atoms with E-state index in [0.29, 0.717) is 0 Å². The van der Waals surface area contributed by atoms with Gasteiger partial charge in [0.25, 0.3) is 0 Å². The molecule has 0 aliphatic heterocycles. The van der Waals surface area contributed by atoms with E-state index >= 15 is 0 Å². The molecule has 70 valence electrons. The Bertz CT molecular complexity index is 307. The van der Waals surface area contributed by atoms with Crippen molar-refractivity contribution in [2.24, 2.45) is 5.73 Å². The van der Waals surface area contributed by atoms with E-state index in [1.165, 1.54) is 24.2 Å². The van der Waals surface area contributed by atoms with Crippen LogP contribution < -0.4 is 5.73 Å². The van der Waals surface area contributed by atoms with Crippen molar-refractivity contribution in [2.45, 2.75) is 38.6 Å². The minimum absolute atomic E-state index is 0.000253. The Morgan fingerprint density at radius 2 is 2.00 bits per heavy atom. The van der Waals surface area contributed by atoms with Gasteiger partial charge in [0, 0.05) is 6.04 Å². The van der Waals surface area contributed by atoms with E-state index < -0.39 is 0 Å². The zero-order valence-corrected chi connectivity index (χ0v) is 7.95. The number of aryl methyl sites for hydroxylation is 2. The first-order valence-corrected chi connectivity index (χ1v) is 4.87. The molecule has 0 spiro atoms. The molecule has 2 N–H and O–H groups in total. The summed E-state index contributed by atoms with van der Waals surface area (Å²) >= 11 is 0. The normalized spacial score (nSPS) is 18.0. The predicted octanol–water partition coefficient (Wildman–Crippen LogP) is 1.38. The molecule has 1 atom stereocenters. The Morgan fingerprint density at radius 1 is 1.31 bits per heavy atom. The van der Waals surface area contributed by atoms with Crippen molar-refractivity contribution in [3.8, 4) is 0 Å². The standard InChI is InChI=1S/C10H15N3/c1-7(11)10-6-12-8-4-2-3-5-9(8)13-10/h6-7H,2-5,11H2,1H3. The first kappa shape index (κ1) is 8.63. The van der Waals surface area contributed by atoms with Crippen LogP contribution >= 0.6 is 0 Å². The summed E-state index contributed by atoms with van der Waals surface area (Å²) < 4.78 is 0. The lowest BCUT2D eigenvalue weighted by atomic mass is 10.0. The van der Waals surface area contributed by atoms with E-state index in [4.69, 9.17) is 5.73 Å². The van der Waals surface area contributed by atoms with Gasteiger partial charge >= 0.3 is 0 Å². The summed E-state index contributed by atoms with van der Waals surface area (Å²) in [5.74, 6) is 0. The maximum Gasteiger partial charge on any atom is 0.0754 e. The molecular formula is C10H15N3. The summed E-state index contributed by atoms with van der Waals surface area (Å²) in [6.45, 7) is 1.94. The molecule has 1 unspecified atom stereocenters. The summed E-state index contributed by atoms with van der Waals surface area (Å²) in [5, 5.41) is 0. The SMILES string of the molecule is CC(N)c1cnc2c(n1)CCCC2. The lowest BCUT2D eigenvalue weighted by Gasteiger charge is -2.15. The van der Waals surface area contributed by atoms with Gasteiger partial charge in [-0.1, -0.05) is 0 Å². The van der Waals surface area contributed by atoms with Crippen LogP contribution in [0.5, 0.6) is 0 Å². The second-order valence-corrected chi connectivity index (χ2v) is 3.68. The number of fused-ring (bicyclic) bond motifs is 1. The summed E-state index contributed by atoms with van der Waals surface area (Å²) in [5.41, 5.74) is 9.01. The maximum absolute atomic E-state index is 5.74. The molecule has 0 bridgehead atoms. The van der Waals surface area contributed by atoms with Crippen molar-refractivity contribution in [3.63, 3.8) is 0 Å². The highest BCUT2D eigenvalue weighted by molar-refractivity contribution is 5.17. The lowest BCUT2D eigenvalue weighted by Crippen LogP contribution is -2.14. The highest BCUT2D eigenvalue weighted by Crippen LogP contribution is 2.18. The Kier molecular flexibility index (Phi) is 2.27. The molecule has 1 aliphatic rings. The van der Waals surface area contributed by atoms with Gasteiger partial charge in [0.15, 0.2) is 0 Å². The minimum Gasteiger partial charge on any atom is -0.323 e. The predicted molar refractivity (Wildman–Crippen MR) is 51.3 cm³/mol. The fourth-order valence-corrected chi connectivity index (χ4v) is 1.68. The largest absolute Gasteiger partial charge is 0.323 e. The van der Waals surface area contributed by atoms with Gasteiger partial charge in [-0.15, -0.1) is 0 Å². The lowest BCUT2D eigenvalue weighted by molar-refractivity contribution is 0.633. The van der Waals surface area contributed by atoms with Crippen LogP contribution in [-0.4, -0.2) is 9.97 Å². The van der Waals surface area contributed by atoms with Crippen LogP contribution in [-0.2, 0) is 12.8 Å². The quantitative estimate of drug-likeness (QED) is 0.705. The number of hydrogen-bond acceptors (Lipinski definition) is 3. The van der Waals surface area contributed by atoms with E-state index in [1.54, 1.807) is 0 Å². The van der Waals surface area contributed by atoms with Gasteiger partial charge < -0.3 is 5.73 Å². The van der Waals surface area contributed by atoms with Crippen molar-refractivity contribution >= 4 is 0 Å². The Labute approximate surface area is 78.4 Å². The van der Waals surface area contributed by atoms with Gasteiger partial charge in [-0.05, 0) is 32.6 Å². The van der Waals surface area contributed by atoms with Crippen molar-refractivity contribution in [1.29, 1.82) is 0 Å². The highest BCUT2D eigenvalue weighted by Gasteiger charge is 2.13. The fraction of sp³-hybridized carbons (Fsp3) is 0.600. The van der Waals surface area contributed by atoms with Gasteiger partial charge in [0.1, 0.15) is 0 Å². The van der Waals surface area contributed by atoms with Crippen LogP contribution in [0.25, 0.3) is 0 Å². The van der Waals surface area contributed by atoms with Crippen molar-refractivity contribution in [2.75, 3.05) is 0 Å². The first-order valence-electron chi connectivity index (χ1n) is 4.87. The highest BCUT2D eigenvalue weighted by atomic mass is 14.9. The molecule has 0 amide bonds. The van der Waals surface area contributed by atoms with E-state index in [-0.39, 0.29) is 6.04 Å². The third-order valence-electron chi connectivity index (χ3n) is 2.49. The number of nitrogens with two attached hydrogens (primary N) is 1. The molecule has 3 heteroatoms. The molecule has 0 saturated heterocycles. The Balaban J connectivity index is 2.35. The third-order valence-corrected chi connectivity index (χ3v) is 2.49. The third kappa shape index (κ3) is 1.70. The number of aromatic nitrogens is 2. The molecule has 0 fully saturated rings. The van der Waals surface area contributed by atoms with E-state index in [1.807, 2.05) is 13.1 Å². The average Bonchev–Trinajstić information content (AvgIpc) is 2.17. The number of nitrogens with zero attached hydrogens (tertiary/aromatic N) is 2. The topological polar surface area (TPSA) is 51.8 Å². The molecule has 0 radical (unpaired) electrons. The van der Waals surface area contributed by atoms with Gasteiger partial charge in [0.2, 0.25) is 0 Å². The average molecular weight is 177 g/mol. The van der Waals surface area contributed by atoms with Gasteiger partial charge in [-0.2, -0.15) is 0 Å². The molecule has 3 nitrogen and oxygen atoms in total. The second kappa shape index (κ2) is 3.42. The summed E-state index contributed by atoms with van der Waals surface area (Å²) in [7, 11) is 0. The van der Waals surface area contributed by atoms with Crippen LogP contribution in [0.2, 0.25) is 0 Å². The molecule has 0 saturated carbocycles. The molecule has 0 aromatic carbocycles. The van der Waals surface area contributed by atoms with Crippen LogP contribution in [0.4, 0.5) is 0 Å². The number of rotatable bonds is 1. The smallest absolute Gasteiger partial charge is 0.0754 e. The summed E-state index contributed by atoms with van der Waals surface area (Å²) in [6.07, 6.45) is 6.46. The molecule has 1 aliphatic carbocycles. The van der Waals surface area contributed by atoms with Gasteiger partial charge in [-0.3, -0.25) is 9.97 Å². The summed E-state index contributed by atoms with van der Waals surface area (Å²) in [4.78, 5) is 8.92. The van der Waals surface area contributed by atoms with Crippen LogP contribution in [0.3, 0.4) is 0 Å². The minimum atomic E-state index is -0.000253. The first-order chi connectivity index (χ1) is 6.27. The number of hydrogen-bond donors (Lipinski definition) is 1. The Morgan fingerprint density at radius 3 is 2.69 bits per heavy atom. The van der Waals surface area contributed by atoms with Crippen molar-refractivity contribution in [3.05, 3.63) is 23.3 Å². The molecule has 1 aromatic heterocycles. The maximum atomic E-state index is 5.74. The van der Waals surface area contributed by atoms with Crippen molar-refractivity contribution < 1.29 is 0 Å². The molecule has 1 aromatic rings. The molecule has 13 heavy (non-hydrogen) atoms. The molecule has 2 rings (SSSR count). The van der Waals surface area contributed by atoms with Crippen molar-refractivity contribution in [1.82, 2.24) is 9.97 Å². The summed E-state index contributed by atoms with van der Waals surface area (Å²) in [6, 6.07) is -0.000253. The van der Waals surface area contributed by atoms with Crippen LogP contribution in [0.1, 0.15) is 42.9 Å². The second-order valence-electron chi connectivity index (χ2n) is 3.68. The molecular weight excluding hydrogens is 162 g/mol.